The number of nitrogens with zero attached hydrogens (tertiary/aromatic N) is 1. The first-order valence-corrected chi connectivity index (χ1v) is 6.47. The Hall–Kier alpha value is -2.41. The van der Waals surface area contributed by atoms with Crippen LogP contribution >= 0.6 is 15.9 Å². The van der Waals surface area contributed by atoms with E-state index in [2.05, 4.69) is 31.2 Å². The lowest BCUT2D eigenvalue weighted by Gasteiger charge is -2.05. The highest BCUT2D eigenvalue weighted by Crippen LogP contribution is 2.18. The molecule has 0 fully saturated rings. The lowest BCUT2D eigenvalue weighted by Crippen LogP contribution is -2.12. The molecule has 1 amide bonds. The molecule has 2 heterocycles. The average Bonchev–Trinajstić information content (AvgIpc) is 2.78. The van der Waals surface area contributed by atoms with Gasteiger partial charge >= 0.3 is 5.76 Å². The number of carbonyl (C=O) groups is 1. The van der Waals surface area contributed by atoms with E-state index in [9.17, 15) is 9.59 Å². The molecule has 0 radical (unpaired) electrons. The molecular formula is C13H8BrN3O3. The highest BCUT2D eigenvalue weighted by molar-refractivity contribution is 9.10. The normalized spacial score (nSPS) is 10.7. The number of fused-ring (bicyclic) bond motifs is 1. The minimum atomic E-state index is -0.529. The van der Waals surface area contributed by atoms with Crippen molar-refractivity contribution < 1.29 is 9.21 Å². The summed E-state index contributed by atoms with van der Waals surface area (Å²) in [5, 5.41) is 2.73. The van der Waals surface area contributed by atoms with Gasteiger partial charge in [0.2, 0.25) is 0 Å². The fourth-order valence-corrected chi connectivity index (χ4v) is 2.21. The van der Waals surface area contributed by atoms with Crippen molar-refractivity contribution in [3.63, 3.8) is 0 Å². The summed E-state index contributed by atoms with van der Waals surface area (Å²) in [4.78, 5) is 29.7. The Kier molecular flexibility index (Phi) is 3.11. The van der Waals surface area contributed by atoms with Crippen molar-refractivity contribution in [3.8, 4) is 0 Å². The summed E-state index contributed by atoms with van der Waals surface area (Å²) in [6.07, 6.45) is 1.59. The van der Waals surface area contributed by atoms with E-state index in [1.807, 2.05) is 0 Å². The van der Waals surface area contributed by atoms with Crippen LogP contribution in [0.5, 0.6) is 0 Å². The average molecular weight is 334 g/mol. The number of pyridine rings is 1. The van der Waals surface area contributed by atoms with Crippen LogP contribution in [0.15, 0.2) is 50.3 Å². The number of halogens is 1. The van der Waals surface area contributed by atoms with Crippen molar-refractivity contribution in [3.05, 3.63) is 57.2 Å². The third-order valence-electron chi connectivity index (χ3n) is 2.68. The molecule has 100 valence electrons. The fraction of sp³-hybridized carbons (Fsp3) is 0. The number of nitrogens with one attached hydrogen (secondary N) is 2. The van der Waals surface area contributed by atoms with Gasteiger partial charge in [-0.3, -0.25) is 9.78 Å². The first-order chi connectivity index (χ1) is 9.63. The largest absolute Gasteiger partial charge is 0.417 e. The summed E-state index contributed by atoms with van der Waals surface area (Å²) in [5.74, 6) is -0.825. The van der Waals surface area contributed by atoms with Gasteiger partial charge in [0.15, 0.2) is 5.58 Å². The predicted molar refractivity (Wildman–Crippen MR) is 76.7 cm³/mol. The summed E-state index contributed by atoms with van der Waals surface area (Å²) >= 11 is 3.22. The molecule has 0 bridgehead atoms. The van der Waals surface area contributed by atoms with Gasteiger partial charge in [-0.25, -0.2) is 9.78 Å². The molecule has 0 aliphatic heterocycles. The van der Waals surface area contributed by atoms with Gasteiger partial charge in [0.25, 0.3) is 5.91 Å². The molecule has 1 aromatic carbocycles. The Balaban J connectivity index is 1.91. The lowest BCUT2D eigenvalue weighted by atomic mass is 10.2. The summed E-state index contributed by atoms with van der Waals surface area (Å²) in [5.41, 5.74) is 1.94. The van der Waals surface area contributed by atoms with E-state index in [1.54, 1.807) is 36.5 Å². The van der Waals surface area contributed by atoms with Gasteiger partial charge in [-0.15, -0.1) is 0 Å². The second kappa shape index (κ2) is 4.93. The van der Waals surface area contributed by atoms with Crippen LogP contribution in [0.1, 0.15) is 10.4 Å². The number of oxazole rings is 1. The van der Waals surface area contributed by atoms with Gasteiger partial charge in [-0.1, -0.05) is 0 Å². The third-order valence-corrected chi connectivity index (χ3v) is 3.31. The van der Waals surface area contributed by atoms with Crippen molar-refractivity contribution in [2.45, 2.75) is 0 Å². The first-order valence-electron chi connectivity index (χ1n) is 5.68. The standard InChI is InChI=1S/C13H8BrN3O3/c14-11-8(2-1-5-15-11)12(18)16-7-3-4-10-9(6-7)17-13(19)20-10/h1-6H,(H,16,18)(H,17,19). The van der Waals surface area contributed by atoms with Crippen LogP contribution in [0.3, 0.4) is 0 Å². The Morgan fingerprint density at radius 3 is 3.00 bits per heavy atom. The number of hydrogen-bond acceptors (Lipinski definition) is 4. The van der Waals surface area contributed by atoms with E-state index in [0.29, 0.717) is 27.0 Å². The Labute approximate surface area is 121 Å². The second-order valence-corrected chi connectivity index (χ2v) is 4.77. The van der Waals surface area contributed by atoms with Crippen LogP contribution in [0, 0.1) is 0 Å². The number of benzene rings is 1. The number of aromatic nitrogens is 2. The molecule has 3 rings (SSSR count). The molecule has 0 aliphatic carbocycles. The van der Waals surface area contributed by atoms with Crippen LogP contribution in [0.2, 0.25) is 0 Å². The maximum atomic E-state index is 12.1. The molecule has 3 aromatic rings. The van der Waals surface area contributed by atoms with E-state index >= 15 is 0 Å². The molecule has 0 saturated heterocycles. The van der Waals surface area contributed by atoms with E-state index in [1.165, 1.54) is 0 Å². The van der Waals surface area contributed by atoms with Gasteiger partial charge in [0.05, 0.1) is 11.1 Å². The van der Waals surface area contributed by atoms with Gasteiger partial charge in [-0.05, 0) is 46.3 Å². The Morgan fingerprint density at radius 1 is 1.35 bits per heavy atom. The lowest BCUT2D eigenvalue weighted by molar-refractivity contribution is 0.102. The second-order valence-electron chi connectivity index (χ2n) is 4.02. The Bertz CT molecular complexity index is 853. The number of anilines is 1. The smallest absolute Gasteiger partial charge is 0.408 e. The molecule has 0 unspecified atom stereocenters. The Morgan fingerprint density at radius 2 is 2.20 bits per heavy atom. The highest BCUT2D eigenvalue weighted by atomic mass is 79.9. The maximum Gasteiger partial charge on any atom is 0.417 e. The quantitative estimate of drug-likeness (QED) is 0.705. The molecule has 0 atom stereocenters. The van der Waals surface area contributed by atoms with Crippen LogP contribution in [0.25, 0.3) is 11.1 Å². The van der Waals surface area contributed by atoms with Crippen molar-refractivity contribution >= 4 is 38.6 Å². The van der Waals surface area contributed by atoms with E-state index < -0.39 is 5.76 Å². The number of rotatable bonds is 2. The van der Waals surface area contributed by atoms with Gasteiger partial charge in [0, 0.05) is 11.9 Å². The number of amides is 1. The molecule has 2 aromatic heterocycles. The maximum absolute atomic E-state index is 12.1. The fourth-order valence-electron chi connectivity index (χ4n) is 1.78. The van der Waals surface area contributed by atoms with Gasteiger partial charge in [0.1, 0.15) is 4.60 Å². The van der Waals surface area contributed by atoms with Crippen molar-refractivity contribution in [1.82, 2.24) is 9.97 Å². The topological polar surface area (TPSA) is 88.0 Å². The zero-order valence-electron chi connectivity index (χ0n) is 10.0. The summed E-state index contributed by atoms with van der Waals surface area (Å²) in [6, 6.07) is 8.23. The van der Waals surface area contributed by atoms with E-state index in [0.717, 1.165) is 0 Å². The van der Waals surface area contributed by atoms with Crippen LogP contribution in [-0.4, -0.2) is 15.9 Å². The minimum absolute atomic E-state index is 0.296. The molecule has 0 saturated carbocycles. The summed E-state index contributed by atoms with van der Waals surface area (Å²) < 4.78 is 5.36. The number of hydrogen-bond donors (Lipinski definition) is 2. The van der Waals surface area contributed by atoms with Gasteiger partial charge < -0.3 is 9.73 Å². The van der Waals surface area contributed by atoms with E-state index in [-0.39, 0.29) is 5.91 Å². The van der Waals surface area contributed by atoms with Gasteiger partial charge in [-0.2, -0.15) is 0 Å². The number of aromatic amines is 1. The molecule has 2 N–H and O–H groups in total. The molecular weight excluding hydrogens is 326 g/mol. The monoisotopic (exact) mass is 333 g/mol. The highest BCUT2D eigenvalue weighted by Gasteiger charge is 2.11. The number of H-pyrrole nitrogens is 1. The van der Waals surface area contributed by atoms with Crippen molar-refractivity contribution in [1.29, 1.82) is 0 Å². The molecule has 0 spiro atoms. The van der Waals surface area contributed by atoms with E-state index in [4.69, 9.17) is 4.42 Å². The van der Waals surface area contributed by atoms with Crippen LogP contribution in [-0.2, 0) is 0 Å². The summed E-state index contributed by atoms with van der Waals surface area (Å²) in [6.45, 7) is 0. The molecule has 0 aliphatic rings. The van der Waals surface area contributed by atoms with Crippen molar-refractivity contribution in [2.75, 3.05) is 5.32 Å². The number of carbonyl (C=O) groups excluding carboxylic acids is 1. The predicted octanol–water partition coefficient (Wildman–Crippen LogP) is 2.53. The molecule has 7 heteroatoms. The SMILES string of the molecule is O=C(Nc1ccc2oc(=O)[nH]c2c1)c1cccnc1Br. The van der Waals surface area contributed by atoms with Crippen LogP contribution < -0.4 is 11.1 Å². The zero-order chi connectivity index (χ0) is 14.1. The van der Waals surface area contributed by atoms with Crippen LogP contribution in [0.4, 0.5) is 5.69 Å². The zero-order valence-corrected chi connectivity index (χ0v) is 11.6. The molecule has 6 nitrogen and oxygen atoms in total. The first kappa shape index (κ1) is 12.6. The minimum Gasteiger partial charge on any atom is -0.408 e. The van der Waals surface area contributed by atoms with Crippen molar-refractivity contribution in [2.24, 2.45) is 0 Å². The molecule has 20 heavy (non-hydrogen) atoms. The third kappa shape index (κ3) is 2.35. The summed E-state index contributed by atoms with van der Waals surface area (Å²) in [7, 11) is 0.